The summed E-state index contributed by atoms with van der Waals surface area (Å²) in [6, 6.07) is 3.02. The van der Waals surface area contributed by atoms with E-state index >= 15 is 0 Å². The second-order valence-electron chi connectivity index (χ2n) is 4.69. The molecule has 19 heavy (non-hydrogen) atoms. The molecule has 4 N–H and O–H groups in total. The van der Waals surface area contributed by atoms with Crippen LogP contribution in [0.1, 0.15) is 30.6 Å². The van der Waals surface area contributed by atoms with Gasteiger partial charge in [-0.2, -0.15) is 0 Å². The van der Waals surface area contributed by atoms with Crippen molar-refractivity contribution in [2.45, 2.75) is 26.3 Å². The molecule has 0 aliphatic rings. The zero-order valence-electron chi connectivity index (χ0n) is 10.8. The maximum Gasteiger partial charge on any atom is 0.326 e. The molecule has 1 rings (SSSR count). The molecule has 1 amide bonds. The van der Waals surface area contributed by atoms with E-state index in [0.717, 1.165) is 6.07 Å². The third-order valence-corrected chi connectivity index (χ3v) is 2.59. The van der Waals surface area contributed by atoms with Crippen LogP contribution >= 0.6 is 0 Å². The van der Waals surface area contributed by atoms with Gasteiger partial charge in [-0.15, -0.1) is 0 Å². The number of benzene rings is 1. The van der Waals surface area contributed by atoms with Gasteiger partial charge in [0.25, 0.3) is 5.91 Å². The van der Waals surface area contributed by atoms with E-state index < -0.39 is 23.7 Å². The lowest BCUT2D eigenvalue weighted by Gasteiger charge is -2.19. The molecule has 1 aromatic carbocycles. The van der Waals surface area contributed by atoms with Crippen molar-refractivity contribution < 1.29 is 19.1 Å². The molecule has 0 saturated carbocycles. The molecular formula is C13H17FN2O3. The highest BCUT2D eigenvalue weighted by Crippen LogP contribution is 2.21. The standard InChI is InChI=1S/C13H17FN2O3/c1-7(2)6-10(13(18)19)16-9-5-3-4-8(14)11(9)12(15)17/h3-5,7,10,16H,6H2,1-2H3,(H2,15,17)(H,18,19). The molecule has 0 saturated heterocycles. The molecule has 0 radical (unpaired) electrons. The lowest BCUT2D eigenvalue weighted by Crippen LogP contribution is -2.32. The largest absolute Gasteiger partial charge is 0.480 e. The lowest BCUT2D eigenvalue weighted by atomic mass is 10.0. The van der Waals surface area contributed by atoms with E-state index in [1.807, 2.05) is 13.8 Å². The Morgan fingerprint density at radius 2 is 2.05 bits per heavy atom. The summed E-state index contributed by atoms with van der Waals surface area (Å²) in [6.07, 6.45) is 0.351. The minimum Gasteiger partial charge on any atom is -0.480 e. The quantitative estimate of drug-likeness (QED) is 0.734. The second kappa shape index (κ2) is 6.17. The molecule has 1 atom stereocenters. The van der Waals surface area contributed by atoms with Crippen LogP contribution in [0.25, 0.3) is 0 Å². The Balaban J connectivity index is 3.06. The van der Waals surface area contributed by atoms with Crippen LogP contribution in [-0.4, -0.2) is 23.0 Å². The Labute approximate surface area is 110 Å². The van der Waals surface area contributed by atoms with Gasteiger partial charge in [-0.05, 0) is 24.5 Å². The molecule has 0 heterocycles. The van der Waals surface area contributed by atoms with Crippen molar-refractivity contribution in [2.75, 3.05) is 5.32 Å². The van der Waals surface area contributed by atoms with Gasteiger partial charge in [0.2, 0.25) is 0 Å². The van der Waals surface area contributed by atoms with Crippen molar-refractivity contribution in [1.82, 2.24) is 0 Å². The molecule has 0 aliphatic heterocycles. The highest BCUT2D eigenvalue weighted by molar-refractivity contribution is 5.99. The van der Waals surface area contributed by atoms with Gasteiger partial charge < -0.3 is 16.2 Å². The zero-order chi connectivity index (χ0) is 14.6. The van der Waals surface area contributed by atoms with E-state index in [2.05, 4.69) is 5.32 Å². The summed E-state index contributed by atoms with van der Waals surface area (Å²) in [5.74, 6) is -2.63. The number of amides is 1. The van der Waals surface area contributed by atoms with E-state index in [1.165, 1.54) is 12.1 Å². The molecule has 0 aliphatic carbocycles. The van der Waals surface area contributed by atoms with Crippen molar-refractivity contribution in [2.24, 2.45) is 11.7 Å². The monoisotopic (exact) mass is 268 g/mol. The summed E-state index contributed by atoms with van der Waals surface area (Å²) >= 11 is 0. The van der Waals surface area contributed by atoms with Gasteiger partial charge in [0, 0.05) is 0 Å². The van der Waals surface area contributed by atoms with Crippen LogP contribution in [0.5, 0.6) is 0 Å². The number of nitrogens with two attached hydrogens (primary N) is 1. The summed E-state index contributed by atoms with van der Waals surface area (Å²) in [6.45, 7) is 3.75. The smallest absolute Gasteiger partial charge is 0.326 e. The zero-order valence-corrected chi connectivity index (χ0v) is 10.8. The number of halogens is 1. The third-order valence-electron chi connectivity index (χ3n) is 2.59. The first-order valence-corrected chi connectivity index (χ1v) is 5.90. The summed E-state index contributed by atoms with van der Waals surface area (Å²) in [5.41, 5.74) is 4.88. The van der Waals surface area contributed by atoms with Gasteiger partial charge in [-0.1, -0.05) is 19.9 Å². The molecule has 104 valence electrons. The summed E-state index contributed by atoms with van der Waals surface area (Å²) in [5, 5.41) is 11.8. The molecular weight excluding hydrogens is 251 g/mol. The number of anilines is 1. The fourth-order valence-corrected chi connectivity index (χ4v) is 1.78. The Morgan fingerprint density at radius 1 is 1.42 bits per heavy atom. The van der Waals surface area contributed by atoms with E-state index in [0.29, 0.717) is 6.42 Å². The first-order valence-electron chi connectivity index (χ1n) is 5.90. The first-order chi connectivity index (χ1) is 8.82. The molecule has 5 nitrogen and oxygen atoms in total. The predicted octanol–water partition coefficient (Wildman–Crippen LogP) is 1.84. The lowest BCUT2D eigenvalue weighted by molar-refractivity contribution is -0.138. The topological polar surface area (TPSA) is 92.4 Å². The maximum absolute atomic E-state index is 13.5. The van der Waals surface area contributed by atoms with E-state index in [9.17, 15) is 14.0 Å². The number of hydrogen-bond donors (Lipinski definition) is 3. The number of aliphatic carboxylic acids is 1. The minimum absolute atomic E-state index is 0.0977. The van der Waals surface area contributed by atoms with Gasteiger partial charge in [0.05, 0.1) is 11.3 Å². The number of rotatable bonds is 6. The van der Waals surface area contributed by atoms with Crippen molar-refractivity contribution in [3.8, 4) is 0 Å². The van der Waals surface area contributed by atoms with Crippen molar-refractivity contribution >= 4 is 17.6 Å². The van der Waals surface area contributed by atoms with E-state index in [-0.39, 0.29) is 17.2 Å². The van der Waals surface area contributed by atoms with Crippen LogP contribution in [0.3, 0.4) is 0 Å². The molecule has 0 bridgehead atoms. The Hall–Kier alpha value is -2.11. The Morgan fingerprint density at radius 3 is 2.53 bits per heavy atom. The Bertz CT molecular complexity index is 489. The molecule has 0 spiro atoms. The van der Waals surface area contributed by atoms with Crippen molar-refractivity contribution in [3.63, 3.8) is 0 Å². The number of carbonyl (C=O) groups excluding carboxylic acids is 1. The molecule has 1 unspecified atom stereocenters. The fraction of sp³-hybridized carbons (Fsp3) is 0.385. The molecule has 0 aromatic heterocycles. The predicted molar refractivity (Wildman–Crippen MR) is 69.4 cm³/mol. The SMILES string of the molecule is CC(C)CC(Nc1cccc(F)c1C(N)=O)C(=O)O. The number of carboxylic acid groups (broad SMARTS) is 1. The molecule has 0 fully saturated rings. The second-order valence-corrected chi connectivity index (χ2v) is 4.69. The van der Waals surface area contributed by atoms with E-state index in [4.69, 9.17) is 10.8 Å². The van der Waals surface area contributed by atoms with Crippen LogP contribution < -0.4 is 11.1 Å². The van der Waals surface area contributed by atoms with Crippen molar-refractivity contribution in [3.05, 3.63) is 29.6 Å². The average Bonchev–Trinajstić information content (AvgIpc) is 2.26. The maximum atomic E-state index is 13.5. The van der Waals surface area contributed by atoms with Crippen molar-refractivity contribution in [1.29, 1.82) is 0 Å². The van der Waals surface area contributed by atoms with Crippen LogP contribution in [0, 0.1) is 11.7 Å². The summed E-state index contributed by atoms with van der Waals surface area (Å²) in [7, 11) is 0. The number of carbonyl (C=O) groups is 2. The van der Waals surface area contributed by atoms with Gasteiger partial charge in [0.1, 0.15) is 11.9 Å². The summed E-state index contributed by atoms with van der Waals surface area (Å²) in [4.78, 5) is 22.3. The fourth-order valence-electron chi connectivity index (χ4n) is 1.78. The van der Waals surface area contributed by atoms with Crippen LogP contribution in [0.2, 0.25) is 0 Å². The third kappa shape index (κ3) is 3.94. The van der Waals surface area contributed by atoms with Gasteiger partial charge in [-0.25, -0.2) is 9.18 Å². The number of hydrogen-bond acceptors (Lipinski definition) is 3. The number of carboxylic acids is 1. The van der Waals surface area contributed by atoms with Gasteiger partial charge >= 0.3 is 5.97 Å². The number of nitrogens with one attached hydrogen (secondary N) is 1. The van der Waals surface area contributed by atoms with Crippen LogP contribution in [-0.2, 0) is 4.79 Å². The van der Waals surface area contributed by atoms with E-state index in [1.54, 1.807) is 0 Å². The average molecular weight is 268 g/mol. The molecule has 6 heteroatoms. The van der Waals surface area contributed by atoms with Crippen LogP contribution in [0.15, 0.2) is 18.2 Å². The summed E-state index contributed by atoms with van der Waals surface area (Å²) < 4.78 is 13.5. The highest BCUT2D eigenvalue weighted by atomic mass is 19.1. The minimum atomic E-state index is -1.06. The number of primary amides is 1. The van der Waals surface area contributed by atoms with Gasteiger partial charge in [-0.3, -0.25) is 4.79 Å². The molecule has 1 aromatic rings. The highest BCUT2D eigenvalue weighted by Gasteiger charge is 2.22. The van der Waals surface area contributed by atoms with Crippen LogP contribution in [0.4, 0.5) is 10.1 Å². The first kappa shape index (κ1) is 14.9. The Kier molecular flexibility index (Phi) is 4.86. The normalized spacial score (nSPS) is 12.2. The van der Waals surface area contributed by atoms with Gasteiger partial charge in [0.15, 0.2) is 0 Å².